The highest BCUT2D eigenvalue weighted by Crippen LogP contribution is 2.23. The number of hydrogen-bond acceptors (Lipinski definition) is 4. The van der Waals surface area contributed by atoms with E-state index in [0.29, 0.717) is 11.2 Å². The summed E-state index contributed by atoms with van der Waals surface area (Å²) >= 11 is 5.74. The molecule has 1 saturated heterocycles. The summed E-state index contributed by atoms with van der Waals surface area (Å²) in [4.78, 5) is 4.54. The first-order chi connectivity index (χ1) is 7.66. The van der Waals surface area contributed by atoms with Crippen LogP contribution in [0.1, 0.15) is 12.8 Å². The van der Waals surface area contributed by atoms with Gasteiger partial charge in [-0.15, -0.1) is 10.2 Å². The lowest BCUT2D eigenvalue weighted by Crippen LogP contribution is -2.38. The molecule has 16 heavy (non-hydrogen) atoms. The van der Waals surface area contributed by atoms with E-state index in [0.717, 1.165) is 18.9 Å². The molecule has 1 atom stereocenters. The third-order valence-electron chi connectivity index (χ3n) is 2.87. The second-order valence-electron chi connectivity index (χ2n) is 4.47. The van der Waals surface area contributed by atoms with Gasteiger partial charge in [-0.25, -0.2) is 0 Å². The molecule has 1 aromatic rings. The fraction of sp³-hybridized carbons (Fsp3) is 0.636. The van der Waals surface area contributed by atoms with Crippen molar-refractivity contribution in [2.45, 2.75) is 18.9 Å². The fourth-order valence-corrected chi connectivity index (χ4v) is 2.31. The first-order valence-electron chi connectivity index (χ1n) is 5.57. The number of likely N-dealkylation sites (N-methyl/N-ethyl adjacent to an activating group) is 1. The predicted molar refractivity (Wildman–Crippen MR) is 66.0 cm³/mol. The first kappa shape index (κ1) is 11.6. The number of rotatable bonds is 3. The Balaban J connectivity index is 2.10. The van der Waals surface area contributed by atoms with Gasteiger partial charge in [-0.1, -0.05) is 11.6 Å². The molecule has 0 aliphatic carbocycles. The largest absolute Gasteiger partial charge is 0.351 e. The van der Waals surface area contributed by atoms with E-state index >= 15 is 0 Å². The van der Waals surface area contributed by atoms with Crippen LogP contribution >= 0.6 is 11.6 Å². The molecule has 5 heteroatoms. The molecule has 4 nitrogen and oxygen atoms in total. The van der Waals surface area contributed by atoms with Crippen LogP contribution in [0.3, 0.4) is 0 Å². The maximum atomic E-state index is 5.74. The lowest BCUT2D eigenvalue weighted by molar-refractivity contribution is 0.371. The van der Waals surface area contributed by atoms with Crippen molar-refractivity contribution >= 4 is 17.4 Å². The van der Waals surface area contributed by atoms with E-state index in [2.05, 4.69) is 34.1 Å². The van der Waals surface area contributed by atoms with Gasteiger partial charge < -0.3 is 9.80 Å². The van der Waals surface area contributed by atoms with Crippen LogP contribution in [-0.2, 0) is 0 Å². The van der Waals surface area contributed by atoms with Crippen LogP contribution < -0.4 is 4.90 Å². The summed E-state index contributed by atoms with van der Waals surface area (Å²) in [6.45, 7) is 2.12. The Labute approximate surface area is 101 Å². The van der Waals surface area contributed by atoms with E-state index in [1.165, 1.54) is 12.8 Å². The van der Waals surface area contributed by atoms with Crippen molar-refractivity contribution < 1.29 is 0 Å². The third kappa shape index (κ3) is 2.62. The Kier molecular flexibility index (Phi) is 3.61. The minimum absolute atomic E-state index is 0.451. The van der Waals surface area contributed by atoms with Crippen LogP contribution in [0.4, 0.5) is 5.82 Å². The Morgan fingerprint density at radius 1 is 1.44 bits per heavy atom. The standard InChI is InChI=1S/C11H17ClN4/c1-15(2)8-9-4-3-7-16(9)11-6-5-10(12)13-14-11/h5-6,9H,3-4,7-8H2,1-2H3. The predicted octanol–water partition coefficient (Wildman–Crippen LogP) is 1.66. The molecule has 0 amide bonds. The van der Waals surface area contributed by atoms with Gasteiger partial charge in [-0.05, 0) is 39.1 Å². The average molecular weight is 241 g/mol. The average Bonchev–Trinajstić information content (AvgIpc) is 2.66. The maximum Gasteiger partial charge on any atom is 0.151 e. The lowest BCUT2D eigenvalue weighted by Gasteiger charge is -2.27. The molecule has 2 heterocycles. The summed E-state index contributed by atoms with van der Waals surface area (Å²) in [7, 11) is 4.20. The van der Waals surface area contributed by atoms with E-state index in [9.17, 15) is 0 Å². The van der Waals surface area contributed by atoms with Gasteiger partial charge in [0.25, 0.3) is 0 Å². The van der Waals surface area contributed by atoms with Crippen molar-refractivity contribution in [2.24, 2.45) is 0 Å². The molecule has 0 spiro atoms. The molecule has 2 rings (SSSR count). The van der Waals surface area contributed by atoms with Gasteiger partial charge in [0.15, 0.2) is 11.0 Å². The number of aromatic nitrogens is 2. The van der Waals surface area contributed by atoms with E-state index in [4.69, 9.17) is 11.6 Å². The van der Waals surface area contributed by atoms with Gasteiger partial charge >= 0.3 is 0 Å². The van der Waals surface area contributed by atoms with Crippen LogP contribution in [0, 0.1) is 0 Å². The fourth-order valence-electron chi connectivity index (χ4n) is 2.21. The quantitative estimate of drug-likeness (QED) is 0.805. The molecule has 1 fully saturated rings. The van der Waals surface area contributed by atoms with Crippen molar-refractivity contribution in [2.75, 3.05) is 32.1 Å². The highest BCUT2D eigenvalue weighted by molar-refractivity contribution is 6.29. The molecule has 1 aliphatic heterocycles. The summed E-state index contributed by atoms with van der Waals surface area (Å²) in [5.41, 5.74) is 0. The van der Waals surface area contributed by atoms with Crippen molar-refractivity contribution in [3.63, 3.8) is 0 Å². The zero-order valence-electron chi connectivity index (χ0n) is 9.73. The Hall–Kier alpha value is -0.870. The van der Waals surface area contributed by atoms with E-state index in [1.54, 1.807) is 6.07 Å². The van der Waals surface area contributed by atoms with Gasteiger partial charge in [0.05, 0.1) is 0 Å². The topological polar surface area (TPSA) is 32.3 Å². The molecule has 1 aliphatic rings. The molecule has 1 aromatic heterocycles. The van der Waals surface area contributed by atoms with Crippen LogP contribution in [-0.4, -0.2) is 48.3 Å². The second kappa shape index (κ2) is 4.97. The first-order valence-corrected chi connectivity index (χ1v) is 5.95. The lowest BCUT2D eigenvalue weighted by atomic mass is 10.2. The second-order valence-corrected chi connectivity index (χ2v) is 4.85. The third-order valence-corrected chi connectivity index (χ3v) is 3.07. The summed E-state index contributed by atoms with van der Waals surface area (Å²) in [5.74, 6) is 0.939. The Morgan fingerprint density at radius 3 is 2.88 bits per heavy atom. The van der Waals surface area contributed by atoms with Crippen LogP contribution in [0.25, 0.3) is 0 Å². The summed E-state index contributed by atoms with van der Waals surface area (Å²) in [6.07, 6.45) is 2.45. The molecule has 88 valence electrons. The molecular weight excluding hydrogens is 224 g/mol. The molecular formula is C11H17ClN4. The maximum absolute atomic E-state index is 5.74. The van der Waals surface area contributed by atoms with Crippen molar-refractivity contribution in [3.05, 3.63) is 17.3 Å². The van der Waals surface area contributed by atoms with Crippen LogP contribution in [0.2, 0.25) is 5.15 Å². The van der Waals surface area contributed by atoms with Crippen molar-refractivity contribution in [1.82, 2.24) is 15.1 Å². The molecule has 0 bridgehead atoms. The van der Waals surface area contributed by atoms with Crippen LogP contribution in [0.5, 0.6) is 0 Å². The van der Waals surface area contributed by atoms with Gasteiger partial charge in [-0.3, -0.25) is 0 Å². The molecule has 1 unspecified atom stereocenters. The normalized spacial score (nSPS) is 20.8. The molecule has 0 radical (unpaired) electrons. The summed E-state index contributed by atoms with van der Waals surface area (Å²) < 4.78 is 0. The number of halogens is 1. The number of hydrogen-bond donors (Lipinski definition) is 0. The van der Waals surface area contributed by atoms with Gasteiger partial charge in [0.2, 0.25) is 0 Å². The van der Waals surface area contributed by atoms with E-state index in [1.807, 2.05) is 6.07 Å². The highest BCUT2D eigenvalue weighted by atomic mass is 35.5. The zero-order chi connectivity index (χ0) is 11.5. The Bertz CT molecular complexity index is 338. The van der Waals surface area contributed by atoms with Gasteiger partial charge in [0, 0.05) is 19.1 Å². The number of anilines is 1. The van der Waals surface area contributed by atoms with E-state index in [-0.39, 0.29) is 0 Å². The van der Waals surface area contributed by atoms with Crippen LogP contribution in [0.15, 0.2) is 12.1 Å². The SMILES string of the molecule is CN(C)CC1CCCN1c1ccc(Cl)nn1. The van der Waals surface area contributed by atoms with Crippen molar-refractivity contribution in [3.8, 4) is 0 Å². The molecule has 0 saturated carbocycles. The smallest absolute Gasteiger partial charge is 0.151 e. The number of nitrogens with zero attached hydrogens (tertiary/aromatic N) is 4. The molecule has 0 N–H and O–H groups in total. The summed E-state index contributed by atoms with van der Waals surface area (Å²) in [5, 5.41) is 8.49. The molecule has 0 aromatic carbocycles. The minimum atomic E-state index is 0.451. The summed E-state index contributed by atoms with van der Waals surface area (Å²) in [6, 6.07) is 4.29. The highest BCUT2D eigenvalue weighted by Gasteiger charge is 2.26. The monoisotopic (exact) mass is 240 g/mol. The van der Waals surface area contributed by atoms with Gasteiger partial charge in [-0.2, -0.15) is 0 Å². The minimum Gasteiger partial charge on any atom is -0.351 e. The zero-order valence-corrected chi connectivity index (χ0v) is 10.5. The van der Waals surface area contributed by atoms with E-state index < -0.39 is 0 Å². The van der Waals surface area contributed by atoms with Crippen molar-refractivity contribution in [1.29, 1.82) is 0 Å². The Morgan fingerprint density at radius 2 is 2.25 bits per heavy atom. The van der Waals surface area contributed by atoms with Gasteiger partial charge in [0.1, 0.15) is 0 Å².